The van der Waals surface area contributed by atoms with E-state index in [1.165, 1.54) is 64.7 Å². The molecule has 0 aromatic carbocycles. The second-order valence-electron chi connectivity index (χ2n) is 6.79. The lowest BCUT2D eigenvalue weighted by atomic mass is 9.97. The van der Waals surface area contributed by atoms with Crippen molar-refractivity contribution >= 4 is 0 Å². The predicted octanol–water partition coefficient (Wildman–Crippen LogP) is 3.91. The Balaban J connectivity index is 2.14. The minimum absolute atomic E-state index is 0.777. The van der Waals surface area contributed by atoms with Gasteiger partial charge < -0.3 is 10.2 Å². The predicted molar refractivity (Wildman–Crippen MR) is 85.6 cm³/mol. The maximum Gasteiger partial charge on any atom is 0.00915 e. The second kappa shape index (κ2) is 9.77. The molecule has 114 valence electrons. The van der Waals surface area contributed by atoms with E-state index in [4.69, 9.17) is 0 Å². The number of rotatable bonds is 9. The van der Waals surface area contributed by atoms with E-state index in [1.807, 2.05) is 0 Å². The van der Waals surface area contributed by atoms with Crippen molar-refractivity contribution in [3.63, 3.8) is 0 Å². The average Bonchev–Trinajstić information content (AvgIpc) is 2.40. The highest BCUT2D eigenvalue weighted by molar-refractivity contribution is 4.78. The van der Waals surface area contributed by atoms with Crippen LogP contribution in [0.3, 0.4) is 0 Å². The number of hydrogen-bond acceptors (Lipinski definition) is 2. The van der Waals surface area contributed by atoms with Gasteiger partial charge in [-0.05, 0) is 50.7 Å². The Morgan fingerprint density at radius 3 is 2.37 bits per heavy atom. The molecule has 1 unspecified atom stereocenters. The van der Waals surface area contributed by atoms with Gasteiger partial charge in [-0.25, -0.2) is 0 Å². The van der Waals surface area contributed by atoms with Crippen LogP contribution in [0.5, 0.6) is 0 Å². The van der Waals surface area contributed by atoms with Crippen LogP contribution in [-0.4, -0.2) is 37.1 Å². The van der Waals surface area contributed by atoms with Gasteiger partial charge in [-0.15, -0.1) is 0 Å². The molecule has 0 bridgehead atoms. The van der Waals surface area contributed by atoms with E-state index in [9.17, 15) is 0 Å². The standard InChI is InChI=1S/C17H36N2/c1-5-7-8-16(6-2)13-18-17-9-11-19(12-10-17)14-15(3)4/h15-18H,5-14H2,1-4H3. The monoisotopic (exact) mass is 268 g/mol. The number of nitrogens with one attached hydrogen (secondary N) is 1. The molecule has 0 aromatic rings. The maximum atomic E-state index is 3.83. The molecule has 1 fully saturated rings. The number of piperidine rings is 1. The molecular weight excluding hydrogens is 232 g/mol. The summed E-state index contributed by atoms with van der Waals surface area (Å²) >= 11 is 0. The summed E-state index contributed by atoms with van der Waals surface area (Å²) in [7, 11) is 0. The quantitative estimate of drug-likeness (QED) is 0.682. The molecule has 0 spiro atoms. The molecule has 2 nitrogen and oxygen atoms in total. The fraction of sp³-hybridized carbons (Fsp3) is 1.00. The molecule has 0 saturated carbocycles. The van der Waals surface area contributed by atoms with Crippen LogP contribution in [0, 0.1) is 11.8 Å². The van der Waals surface area contributed by atoms with Gasteiger partial charge in [-0.1, -0.05) is 47.0 Å². The fourth-order valence-corrected chi connectivity index (χ4v) is 3.11. The van der Waals surface area contributed by atoms with Gasteiger partial charge in [0.05, 0.1) is 0 Å². The van der Waals surface area contributed by atoms with Gasteiger partial charge in [0.15, 0.2) is 0 Å². The van der Waals surface area contributed by atoms with Crippen molar-refractivity contribution in [3.8, 4) is 0 Å². The van der Waals surface area contributed by atoms with Crippen LogP contribution in [0.4, 0.5) is 0 Å². The highest BCUT2D eigenvalue weighted by Gasteiger charge is 2.19. The molecule has 2 heteroatoms. The van der Waals surface area contributed by atoms with Crippen molar-refractivity contribution in [3.05, 3.63) is 0 Å². The average molecular weight is 268 g/mol. The third-order valence-electron chi connectivity index (χ3n) is 4.45. The Hall–Kier alpha value is -0.0800. The van der Waals surface area contributed by atoms with E-state index in [2.05, 4.69) is 37.9 Å². The largest absolute Gasteiger partial charge is 0.314 e. The molecule has 0 radical (unpaired) electrons. The molecule has 0 aromatic heterocycles. The molecule has 0 aliphatic carbocycles. The van der Waals surface area contributed by atoms with Crippen LogP contribution in [-0.2, 0) is 0 Å². The maximum absolute atomic E-state index is 3.83. The minimum atomic E-state index is 0.777. The zero-order valence-corrected chi connectivity index (χ0v) is 13.8. The minimum Gasteiger partial charge on any atom is -0.314 e. The summed E-state index contributed by atoms with van der Waals surface area (Å²) in [4.78, 5) is 2.64. The zero-order chi connectivity index (χ0) is 14.1. The second-order valence-corrected chi connectivity index (χ2v) is 6.79. The van der Waals surface area contributed by atoms with E-state index < -0.39 is 0 Å². The van der Waals surface area contributed by atoms with Gasteiger partial charge in [-0.3, -0.25) is 0 Å². The molecule has 1 rings (SSSR count). The Morgan fingerprint density at radius 2 is 1.84 bits per heavy atom. The molecular formula is C17H36N2. The summed E-state index contributed by atoms with van der Waals surface area (Å²) in [6, 6.07) is 0.777. The summed E-state index contributed by atoms with van der Waals surface area (Å²) in [5.41, 5.74) is 0. The first-order valence-corrected chi connectivity index (χ1v) is 8.61. The van der Waals surface area contributed by atoms with Crippen LogP contribution >= 0.6 is 0 Å². The SMILES string of the molecule is CCCCC(CC)CNC1CCN(CC(C)C)CC1. The third kappa shape index (κ3) is 7.31. The van der Waals surface area contributed by atoms with Gasteiger partial charge >= 0.3 is 0 Å². The van der Waals surface area contributed by atoms with E-state index in [1.54, 1.807) is 0 Å². The van der Waals surface area contributed by atoms with Gasteiger partial charge in [-0.2, -0.15) is 0 Å². The highest BCUT2D eigenvalue weighted by Crippen LogP contribution is 2.15. The lowest BCUT2D eigenvalue weighted by Crippen LogP contribution is -2.44. The molecule has 19 heavy (non-hydrogen) atoms. The zero-order valence-electron chi connectivity index (χ0n) is 13.8. The molecule has 1 heterocycles. The van der Waals surface area contributed by atoms with Crippen molar-refractivity contribution in [2.24, 2.45) is 11.8 Å². The highest BCUT2D eigenvalue weighted by atomic mass is 15.1. The lowest BCUT2D eigenvalue weighted by Gasteiger charge is -2.34. The Labute approximate surface area is 121 Å². The number of unbranched alkanes of at least 4 members (excludes halogenated alkanes) is 1. The summed E-state index contributed by atoms with van der Waals surface area (Å²) in [5, 5.41) is 3.83. The Morgan fingerprint density at radius 1 is 1.16 bits per heavy atom. The van der Waals surface area contributed by atoms with Crippen LogP contribution < -0.4 is 5.32 Å². The molecule has 1 aliphatic rings. The fourth-order valence-electron chi connectivity index (χ4n) is 3.11. The van der Waals surface area contributed by atoms with Gasteiger partial charge in [0.1, 0.15) is 0 Å². The Bertz CT molecular complexity index is 207. The normalized spacial score (nSPS) is 20.1. The van der Waals surface area contributed by atoms with E-state index >= 15 is 0 Å². The smallest absolute Gasteiger partial charge is 0.00915 e. The van der Waals surface area contributed by atoms with Gasteiger partial charge in [0, 0.05) is 12.6 Å². The van der Waals surface area contributed by atoms with Crippen molar-refractivity contribution in [1.29, 1.82) is 0 Å². The first-order valence-electron chi connectivity index (χ1n) is 8.61. The first kappa shape index (κ1) is 17.0. The van der Waals surface area contributed by atoms with E-state index in [0.29, 0.717) is 0 Å². The van der Waals surface area contributed by atoms with E-state index in [-0.39, 0.29) is 0 Å². The lowest BCUT2D eigenvalue weighted by molar-refractivity contribution is 0.177. The number of hydrogen-bond donors (Lipinski definition) is 1. The van der Waals surface area contributed by atoms with Crippen molar-refractivity contribution in [2.45, 2.75) is 72.3 Å². The summed E-state index contributed by atoms with van der Waals surface area (Å²) in [6.45, 7) is 14.4. The van der Waals surface area contributed by atoms with Crippen molar-refractivity contribution in [2.75, 3.05) is 26.2 Å². The number of likely N-dealkylation sites (tertiary alicyclic amines) is 1. The Kier molecular flexibility index (Phi) is 8.72. The van der Waals surface area contributed by atoms with Crippen LogP contribution in [0.2, 0.25) is 0 Å². The summed E-state index contributed by atoms with van der Waals surface area (Å²) < 4.78 is 0. The molecule has 1 saturated heterocycles. The first-order chi connectivity index (χ1) is 9.15. The summed E-state index contributed by atoms with van der Waals surface area (Å²) in [6.07, 6.45) is 8.16. The number of nitrogens with zero attached hydrogens (tertiary/aromatic N) is 1. The summed E-state index contributed by atoms with van der Waals surface area (Å²) in [5.74, 6) is 1.71. The molecule has 0 amide bonds. The molecule has 1 atom stereocenters. The topological polar surface area (TPSA) is 15.3 Å². The molecule has 1 N–H and O–H groups in total. The van der Waals surface area contributed by atoms with Crippen LogP contribution in [0.25, 0.3) is 0 Å². The van der Waals surface area contributed by atoms with Gasteiger partial charge in [0.25, 0.3) is 0 Å². The van der Waals surface area contributed by atoms with Crippen LogP contribution in [0.15, 0.2) is 0 Å². The van der Waals surface area contributed by atoms with Crippen molar-refractivity contribution < 1.29 is 0 Å². The van der Waals surface area contributed by atoms with E-state index in [0.717, 1.165) is 17.9 Å². The van der Waals surface area contributed by atoms with Crippen LogP contribution in [0.1, 0.15) is 66.2 Å². The van der Waals surface area contributed by atoms with Crippen molar-refractivity contribution in [1.82, 2.24) is 10.2 Å². The molecule has 1 aliphatic heterocycles. The third-order valence-corrected chi connectivity index (χ3v) is 4.45. The van der Waals surface area contributed by atoms with Gasteiger partial charge in [0.2, 0.25) is 0 Å².